The van der Waals surface area contributed by atoms with E-state index in [0.29, 0.717) is 19.3 Å². The Kier molecular flexibility index (Phi) is 53.9. The van der Waals surface area contributed by atoms with E-state index in [1.165, 1.54) is 89.9 Å². The molecule has 69 heavy (non-hydrogen) atoms. The predicted octanol–water partition coefficient (Wildman–Crippen LogP) is 19.3. The van der Waals surface area contributed by atoms with E-state index in [9.17, 15) is 14.4 Å². The molecule has 0 radical (unpaired) electrons. The van der Waals surface area contributed by atoms with Gasteiger partial charge in [0.05, 0.1) is 0 Å². The predicted molar refractivity (Wildman–Crippen MR) is 297 cm³/mol. The second kappa shape index (κ2) is 56.9. The zero-order valence-electron chi connectivity index (χ0n) is 45.0. The van der Waals surface area contributed by atoms with Crippen LogP contribution in [0.15, 0.2) is 97.2 Å². The lowest BCUT2D eigenvalue weighted by Crippen LogP contribution is -2.30. The lowest BCUT2D eigenvalue weighted by molar-refractivity contribution is -0.167. The molecule has 0 bridgehead atoms. The second-order valence-corrected chi connectivity index (χ2v) is 18.8. The number of allylic oxidation sites excluding steroid dienone is 16. The van der Waals surface area contributed by atoms with Crippen molar-refractivity contribution in [1.82, 2.24) is 0 Å². The number of hydrogen-bond donors (Lipinski definition) is 0. The third-order valence-corrected chi connectivity index (χ3v) is 12.1. The molecule has 0 heterocycles. The van der Waals surface area contributed by atoms with E-state index in [-0.39, 0.29) is 31.1 Å². The Labute approximate surface area is 426 Å². The average molecular weight is 960 g/mol. The van der Waals surface area contributed by atoms with Gasteiger partial charge in [-0.3, -0.25) is 14.4 Å². The van der Waals surface area contributed by atoms with Gasteiger partial charge >= 0.3 is 17.9 Å². The van der Waals surface area contributed by atoms with Gasteiger partial charge in [-0.05, 0) is 96.3 Å². The normalized spacial score (nSPS) is 12.8. The number of esters is 3. The molecule has 0 saturated heterocycles. The first-order chi connectivity index (χ1) is 34.0. The van der Waals surface area contributed by atoms with Crippen molar-refractivity contribution < 1.29 is 28.6 Å². The van der Waals surface area contributed by atoms with E-state index < -0.39 is 6.10 Å². The zero-order chi connectivity index (χ0) is 50.0. The number of carbonyl (C=O) groups excluding carboxylic acids is 3. The molecule has 0 spiro atoms. The molecule has 6 heteroatoms. The summed E-state index contributed by atoms with van der Waals surface area (Å²) in [5, 5.41) is 0. The van der Waals surface area contributed by atoms with Gasteiger partial charge < -0.3 is 14.2 Å². The van der Waals surface area contributed by atoms with Crippen LogP contribution in [0.5, 0.6) is 0 Å². The van der Waals surface area contributed by atoms with E-state index in [1.54, 1.807) is 0 Å². The number of ether oxygens (including phenoxy) is 3. The van der Waals surface area contributed by atoms with Crippen LogP contribution in [0.1, 0.15) is 265 Å². The first-order valence-corrected chi connectivity index (χ1v) is 28.7. The van der Waals surface area contributed by atoms with Gasteiger partial charge in [-0.25, -0.2) is 0 Å². The zero-order valence-corrected chi connectivity index (χ0v) is 45.0. The van der Waals surface area contributed by atoms with Crippen LogP contribution in [0.4, 0.5) is 0 Å². The van der Waals surface area contributed by atoms with Crippen LogP contribution < -0.4 is 0 Å². The number of carbonyl (C=O) groups is 3. The largest absolute Gasteiger partial charge is 0.462 e. The maximum absolute atomic E-state index is 12.9. The molecule has 0 rings (SSSR count). The van der Waals surface area contributed by atoms with Crippen LogP contribution in [-0.2, 0) is 28.6 Å². The standard InChI is InChI=1S/C63H106O6/c1-4-7-10-13-16-19-22-25-28-30-31-33-35-38-41-44-47-50-53-56-62(65)68-59-60(58-67-61(64)55-52-49-46-43-40-37-34-27-24-21-18-15-12-9-6-3)69-63(66)57-54-51-48-45-42-39-36-32-29-26-23-20-17-14-11-8-5-2/h7,9-10,12,16,18-19,21,25,27-28,31,33-34,38,41,60H,4-6,8,11,13-15,17,20,22-24,26,29-30,32,35-37,39-40,42-59H2,1-3H3/b10-7+,12-9+,19-16+,21-18+,28-25+,33-31+,34-27+,41-38+/t60-/m1/s1. The van der Waals surface area contributed by atoms with Crippen LogP contribution in [-0.4, -0.2) is 37.2 Å². The number of rotatable bonds is 51. The van der Waals surface area contributed by atoms with Gasteiger partial charge in [-0.1, -0.05) is 246 Å². The van der Waals surface area contributed by atoms with Crippen LogP contribution in [0, 0.1) is 0 Å². The SMILES string of the molecule is CC/C=C/C/C=C/C/C=C/C/C=C/C/C=C/CCCCCC(=O)OC[C@@H](COC(=O)CCCCCCC/C=C/C/C=C/C/C=C/CC)OC(=O)CCCCCCCCCCCCCCCCCCC. The fourth-order valence-electron chi connectivity index (χ4n) is 7.84. The minimum Gasteiger partial charge on any atom is -0.462 e. The van der Waals surface area contributed by atoms with Crippen LogP contribution >= 0.6 is 0 Å². The van der Waals surface area contributed by atoms with Gasteiger partial charge in [-0.2, -0.15) is 0 Å². The average Bonchev–Trinajstić information content (AvgIpc) is 3.35. The minimum atomic E-state index is -0.798. The second-order valence-electron chi connectivity index (χ2n) is 18.8. The van der Waals surface area contributed by atoms with Gasteiger partial charge in [0, 0.05) is 19.3 Å². The van der Waals surface area contributed by atoms with Crippen molar-refractivity contribution in [1.29, 1.82) is 0 Å². The quantitative estimate of drug-likeness (QED) is 0.0262. The van der Waals surface area contributed by atoms with E-state index in [1.807, 2.05) is 0 Å². The van der Waals surface area contributed by atoms with E-state index in [0.717, 1.165) is 135 Å². The third-order valence-electron chi connectivity index (χ3n) is 12.1. The molecule has 0 aliphatic rings. The van der Waals surface area contributed by atoms with Gasteiger partial charge in [0.2, 0.25) is 0 Å². The molecule has 0 aromatic carbocycles. The Bertz CT molecular complexity index is 1380. The summed E-state index contributed by atoms with van der Waals surface area (Å²) in [6, 6.07) is 0. The molecule has 0 aliphatic carbocycles. The Morgan fingerprint density at radius 2 is 0.565 bits per heavy atom. The molecule has 394 valence electrons. The highest BCUT2D eigenvalue weighted by Gasteiger charge is 2.19. The molecule has 0 saturated carbocycles. The highest BCUT2D eigenvalue weighted by Crippen LogP contribution is 2.16. The summed E-state index contributed by atoms with van der Waals surface area (Å²) >= 11 is 0. The molecule has 0 unspecified atom stereocenters. The maximum atomic E-state index is 12.9. The molecule has 0 aliphatic heterocycles. The smallest absolute Gasteiger partial charge is 0.306 e. The third kappa shape index (κ3) is 55.1. The first-order valence-electron chi connectivity index (χ1n) is 28.7. The summed E-state index contributed by atoms with van der Waals surface area (Å²) in [4.78, 5) is 38.2. The lowest BCUT2D eigenvalue weighted by atomic mass is 10.0. The first kappa shape index (κ1) is 65.3. The highest BCUT2D eigenvalue weighted by atomic mass is 16.6. The van der Waals surface area contributed by atoms with E-state index >= 15 is 0 Å². The fourth-order valence-corrected chi connectivity index (χ4v) is 7.84. The summed E-state index contributed by atoms with van der Waals surface area (Å²) in [6.07, 6.45) is 75.4. The topological polar surface area (TPSA) is 78.9 Å². The maximum Gasteiger partial charge on any atom is 0.306 e. The summed E-state index contributed by atoms with van der Waals surface area (Å²) in [5.74, 6) is -0.938. The van der Waals surface area contributed by atoms with Crippen molar-refractivity contribution in [2.45, 2.75) is 271 Å². The molecule has 0 aromatic heterocycles. The van der Waals surface area contributed by atoms with Crippen molar-refractivity contribution in [3.8, 4) is 0 Å². The Hall–Kier alpha value is -3.67. The van der Waals surface area contributed by atoms with Crippen LogP contribution in [0.3, 0.4) is 0 Å². The molecule has 1 atom stereocenters. The molecule has 0 aromatic rings. The monoisotopic (exact) mass is 959 g/mol. The molecular formula is C63H106O6. The van der Waals surface area contributed by atoms with Gasteiger partial charge in [-0.15, -0.1) is 0 Å². The van der Waals surface area contributed by atoms with Gasteiger partial charge in [0.15, 0.2) is 6.10 Å². The summed E-state index contributed by atoms with van der Waals surface area (Å²) in [5.41, 5.74) is 0. The Balaban J connectivity index is 4.46. The number of hydrogen-bond acceptors (Lipinski definition) is 6. The molecule has 0 N–H and O–H groups in total. The van der Waals surface area contributed by atoms with Crippen molar-refractivity contribution >= 4 is 17.9 Å². The lowest BCUT2D eigenvalue weighted by Gasteiger charge is -2.18. The summed E-state index contributed by atoms with van der Waals surface area (Å²) in [7, 11) is 0. The molecule has 6 nitrogen and oxygen atoms in total. The van der Waals surface area contributed by atoms with Crippen molar-refractivity contribution in [2.75, 3.05) is 13.2 Å². The van der Waals surface area contributed by atoms with Crippen molar-refractivity contribution in [3.05, 3.63) is 97.2 Å². The van der Waals surface area contributed by atoms with Crippen molar-refractivity contribution in [2.24, 2.45) is 0 Å². The van der Waals surface area contributed by atoms with Crippen LogP contribution in [0.2, 0.25) is 0 Å². The Morgan fingerprint density at radius 3 is 0.899 bits per heavy atom. The fraction of sp³-hybridized carbons (Fsp3) is 0.698. The van der Waals surface area contributed by atoms with E-state index in [2.05, 4.69) is 118 Å². The van der Waals surface area contributed by atoms with Crippen molar-refractivity contribution in [3.63, 3.8) is 0 Å². The van der Waals surface area contributed by atoms with Crippen LogP contribution in [0.25, 0.3) is 0 Å². The summed E-state index contributed by atoms with van der Waals surface area (Å²) in [6.45, 7) is 6.39. The molecular weight excluding hydrogens is 853 g/mol. The van der Waals surface area contributed by atoms with Gasteiger partial charge in [0.25, 0.3) is 0 Å². The summed E-state index contributed by atoms with van der Waals surface area (Å²) < 4.78 is 16.8. The van der Waals surface area contributed by atoms with Gasteiger partial charge in [0.1, 0.15) is 13.2 Å². The number of unbranched alkanes of at least 4 members (excludes halogenated alkanes) is 24. The highest BCUT2D eigenvalue weighted by molar-refractivity contribution is 5.71. The van der Waals surface area contributed by atoms with E-state index in [4.69, 9.17) is 14.2 Å². The molecule has 0 fully saturated rings. The minimum absolute atomic E-state index is 0.0961. The molecule has 0 amide bonds. The Morgan fingerprint density at radius 1 is 0.304 bits per heavy atom.